The lowest BCUT2D eigenvalue weighted by Crippen LogP contribution is -2.10. The minimum absolute atomic E-state index is 0.0312. The third kappa shape index (κ3) is 3.08. The van der Waals surface area contributed by atoms with Gasteiger partial charge in [0, 0.05) is 5.56 Å². The first-order valence-electron chi connectivity index (χ1n) is 8.16. The Morgan fingerprint density at radius 3 is 2.25 bits per heavy atom. The average molecular weight is 344 g/mol. The van der Waals surface area contributed by atoms with Crippen LogP contribution in [-0.2, 0) is 17.6 Å². The van der Waals surface area contributed by atoms with Crippen LogP contribution in [0.1, 0.15) is 55.8 Å². The van der Waals surface area contributed by atoms with Crippen LogP contribution in [0.25, 0.3) is 0 Å². The number of rotatable bonds is 5. The molecule has 2 aromatic rings. The van der Waals surface area contributed by atoms with Crippen LogP contribution >= 0.6 is 11.3 Å². The number of methoxy groups -OCH3 is 1. The molecule has 0 bridgehead atoms. The molecule has 0 amide bonds. The highest BCUT2D eigenvalue weighted by Gasteiger charge is 2.28. The summed E-state index contributed by atoms with van der Waals surface area (Å²) in [7, 11) is 1.60. The maximum Gasteiger partial charge on any atom is 0.348 e. The van der Waals surface area contributed by atoms with Crippen molar-refractivity contribution in [2.24, 2.45) is 0 Å². The molecule has 4 nitrogen and oxygen atoms in total. The normalized spacial score (nSPS) is 13.2. The number of fused-ring (bicyclic) bond motifs is 1. The molecule has 0 fully saturated rings. The van der Waals surface area contributed by atoms with Crippen LogP contribution < -0.4 is 4.74 Å². The zero-order chi connectivity index (χ0) is 17.1. The maximum absolute atomic E-state index is 12.9. The van der Waals surface area contributed by atoms with Gasteiger partial charge in [0.05, 0.1) is 18.6 Å². The molecule has 0 aliphatic heterocycles. The van der Waals surface area contributed by atoms with Gasteiger partial charge in [0.15, 0.2) is 0 Å². The van der Waals surface area contributed by atoms with Crippen molar-refractivity contribution in [3.05, 3.63) is 50.7 Å². The fourth-order valence-electron chi connectivity index (χ4n) is 3.05. The minimum atomic E-state index is -0.311. The molecule has 0 radical (unpaired) electrons. The van der Waals surface area contributed by atoms with Gasteiger partial charge in [-0.2, -0.15) is 0 Å². The van der Waals surface area contributed by atoms with E-state index in [9.17, 15) is 9.59 Å². The average Bonchev–Trinajstić information content (AvgIpc) is 3.01. The van der Waals surface area contributed by atoms with Crippen molar-refractivity contribution in [3.63, 3.8) is 0 Å². The first-order chi connectivity index (χ1) is 11.7. The van der Waals surface area contributed by atoms with Gasteiger partial charge in [-0.15, -0.1) is 11.3 Å². The quantitative estimate of drug-likeness (QED) is 0.607. The molecular formula is C19H20O4S. The molecule has 24 heavy (non-hydrogen) atoms. The predicted molar refractivity (Wildman–Crippen MR) is 93.3 cm³/mol. The largest absolute Gasteiger partial charge is 0.497 e. The summed E-state index contributed by atoms with van der Waals surface area (Å²) in [5, 5.41) is 0. The van der Waals surface area contributed by atoms with Crippen molar-refractivity contribution in [2.75, 3.05) is 13.7 Å². The molecule has 1 heterocycles. The first-order valence-corrected chi connectivity index (χ1v) is 8.97. The topological polar surface area (TPSA) is 52.6 Å². The SMILES string of the molecule is CCOC(=O)c1sc(C(=O)c2ccc(OC)cc2)c2c1CCCC2. The summed E-state index contributed by atoms with van der Waals surface area (Å²) in [4.78, 5) is 26.4. The van der Waals surface area contributed by atoms with Gasteiger partial charge < -0.3 is 9.47 Å². The Hall–Kier alpha value is -2.14. The second kappa shape index (κ2) is 7.18. The highest BCUT2D eigenvalue weighted by Crippen LogP contribution is 2.36. The van der Waals surface area contributed by atoms with Crippen LogP contribution in [0.3, 0.4) is 0 Å². The standard InChI is InChI=1S/C19H20O4S/c1-3-23-19(21)18-15-7-5-4-6-14(15)17(24-18)16(20)12-8-10-13(22-2)11-9-12/h8-11H,3-7H2,1-2H3. The van der Waals surface area contributed by atoms with Gasteiger partial charge in [-0.25, -0.2) is 4.79 Å². The molecule has 1 aliphatic carbocycles. The van der Waals surface area contributed by atoms with Crippen LogP contribution in [0, 0.1) is 0 Å². The van der Waals surface area contributed by atoms with E-state index in [4.69, 9.17) is 9.47 Å². The predicted octanol–water partition coefficient (Wildman–Crippen LogP) is 4.04. The van der Waals surface area contributed by atoms with Gasteiger partial charge in [0.1, 0.15) is 10.6 Å². The summed E-state index contributed by atoms with van der Waals surface area (Å²) in [5.41, 5.74) is 2.66. The number of ether oxygens (including phenoxy) is 2. The zero-order valence-electron chi connectivity index (χ0n) is 13.9. The molecule has 0 unspecified atom stereocenters. The number of hydrogen-bond donors (Lipinski definition) is 0. The van der Waals surface area contributed by atoms with E-state index in [2.05, 4.69) is 0 Å². The van der Waals surface area contributed by atoms with Crippen molar-refractivity contribution in [2.45, 2.75) is 32.6 Å². The van der Waals surface area contributed by atoms with E-state index in [-0.39, 0.29) is 11.8 Å². The monoisotopic (exact) mass is 344 g/mol. The van der Waals surface area contributed by atoms with Gasteiger partial charge in [-0.3, -0.25) is 4.79 Å². The number of esters is 1. The number of benzene rings is 1. The van der Waals surface area contributed by atoms with Crippen molar-refractivity contribution in [3.8, 4) is 5.75 Å². The lowest BCUT2D eigenvalue weighted by molar-refractivity contribution is 0.0530. The van der Waals surface area contributed by atoms with Crippen LogP contribution in [0.4, 0.5) is 0 Å². The Kier molecular flexibility index (Phi) is 5.00. The number of thiophene rings is 1. The van der Waals surface area contributed by atoms with Crippen LogP contribution in [0.2, 0.25) is 0 Å². The smallest absolute Gasteiger partial charge is 0.348 e. The summed E-state index contributed by atoms with van der Waals surface area (Å²) in [6.07, 6.45) is 3.79. The van der Waals surface area contributed by atoms with E-state index in [0.29, 0.717) is 27.7 Å². The second-order valence-electron chi connectivity index (χ2n) is 5.70. The molecule has 0 N–H and O–H groups in total. The molecule has 1 aliphatic rings. The van der Waals surface area contributed by atoms with E-state index in [0.717, 1.165) is 36.8 Å². The molecule has 1 aromatic carbocycles. The molecule has 3 rings (SSSR count). The van der Waals surface area contributed by atoms with Crippen LogP contribution in [0.5, 0.6) is 5.75 Å². The van der Waals surface area contributed by atoms with Gasteiger partial charge in [-0.1, -0.05) is 0 Å². The van der Waals surface area contributed by atoms with Gasteiger partial charge >= 0.3 is 5.97 Å². The summed E-state index contributed by atoms with van der Waals surface area (Å²) in [5.74, 6) is 0.373. The molecule has 0 saturated heterocycles. The Bertz CT molecular complexity index is 758. The highest BCUT2D eigenvalue weighted by atomic mass is 32.1. The van der Waals surface area contributed by atoms with Crippen molar-refractivity contribution in [1.29, 1.82) is 0 Å². The Morgan fingerprint density at radius 1 is 1.04 bits per heavy atom. The van der Waals surface area contributed by atoms with Crippen molar-refractivity contribution in [1.82, 2.24) is 0 Å². The van der Waals surface area contributed by atoms with Crippen LogP contribution in [-0.4, -0.2) is 25.5 Å². The zero-order valence-corrected chi connectivity index (χ0v) is 14.7. The lowest BCUT2D eigenvalue weighted by atomic mass is 9.90. The molecule has 1 aromatic heterocycles. The molecule has 0 atom stereocenters. The third-order valence-electron chi connectivity index (χ3n) is 4.24. The highest BCUT2D eigenvalue weighted by molar-refractivity contribution is 7.16. The summed E-state index contributed by atoms with van der Waals surface area (Å²) >= 11 is 1.28. The number of ketones is 1. The van der Waals surface area contributed by atoms with E-state index < -0.39 is 0 Å². The minimum Gasteiger partial charge on any atom is -0.497 e. The Labute approximate surface area is 145 Å². The second-order valence-corrected chi connectivity index (χ2v) is 6.72. The fourth-order valence-corrected chi connectivity index (χ4v) is 4.30. The summed E-state index contributed by atoms with van der Waals surface area (Å²) in [6.45, 7) is 2.13. The van der Waals surface area contributed by atoms with Gasteiger partial charge in [0.2, 0.25) is 5.78 Å². The molecular weight excluding hydrogens is 324 g/mol. The van der Waals surface area contributed by atoms with Crippen molar-refractivity contribution >= 4 is 23.1 Å². The summed E-state index contributed by atoms with van der Waals surface area (Å²) < 4.78 is 10.3. The van der Waals surface area contributed by atoms with Gasteiger partial charge in [-0.05, 0) is 68.0 Å². The van der Waals surface area contributed by atoms with E-state index >= 15 is 0 Å². The molecule has 0 spiro atoms. The maximum atomic E-state index is 12.9. The van der Waals surface area contributed by atoms with Crippen LogP contribution in [0.15, 0.2) is 24.3 Å². The summed E-state index contributed by atoms with van der Waals surface area (Å²) in [6, 6.07) is 7.08. The van der Waals surface area contributed by atoms with Crippen molar-refractivity contribution < 1.29 is 19.1 Å². The van der Waals surface area contributed by atoms with E-state index in [1.165, 1.54) is 11.3 Å². The number of carbonyl (C=O) groups is 2. The van der Waals surface area contributed by atoms with Gasteiger partial charge in [0.25, 0.3) is 0 Å². The first kappa shape index (κ1) is 16.7. The molecule has 0 saturated carbocycles. The fraction of sp³-hybridized carbons (Fsp3) is 0.368. The lowest BCUT2D eigenvalue weighted by Gasteiger charge is -2.13. The van der Waals surface area contributed by atoms with E-state index in [1.54, 1.807) is 38.3 Å². The Balaban J connectivity index is 2.00. The number of hydrogen-bond acceptors (Lipinski definition) is 5. The van der Waals surface area contributed by atoms with E-state index in [1.807, 2.05) is 0 Å². The Morgan fingerprint density at radius 2 is 1.67 bits per heavy atom. The molecule has 126 valence electrons. The number of carbonyl (C=O) groups excluding carboxylic acids is 2. The molecule has 5 heteroatoms. The third-order valence-corrected chi connectivity index (χ3v) is 5.49.